The number of hydrogen-bond acceptors (Lipinski definition) is 4. The van der Waals surface area contributed by atoms with Gasteiger partial charge in [-0.2, -0.15) is 5.10 Å². The van der Waals surface area contributed by atoms with E-state index in [2.05, 4.69) is 46.4 Å². The lowest BCUT2D eigenvalue weighted by Crippen LogP contribution is -2.33. The zero-order valence-corrected chi connectivity index (χ0v) is 19.8. The zero-order chi connectivity index (χ0) is 22.7. The molecule has 0 saturated heterocycles. The third-order valence-electron chi connectivity index (χ3n) is 6.80. The van der Waals surface area contributed by atoms with E-state index in [-0.39, 0.29) is 5.91 Å². The van der Waals surface area contributed by atoms with Gasteiger partial charge in [0.15, 0.2) is 5.65 Å². The monoisotopic (exact) mass is 433 g/mol. The molecule has 1 aromatic carbocycles. The summed E-state index contributed by atoms with van der Waals surface area (Å²) in [6.07, 6.45) is 7.63. The number of rotatable bonds is 7. The Labute approximate surface area is 191 Å². The number of fused-ring (bicyclic) bond motifs is 1. The molecule has 3 aromatic rings. The third-order valence-corrected chi connectivity index (χ3v) is 6.80. The first-order valence-corrected chi connectivity index (χ1v) is 11.8. The summed E-state index contributed by atoms with van der Waals surface area (Å²) < 4.78 is 1.88. The Balaban J connectivity index is 1.41. The van der Waals surface area contributed by atoms with Crippen molar-refractivity contribution in [3.05, 3.63) is 58.5 Å². The number of carbonyl (C=O) groups is 1. The van der Waals surface area contributed by atoms with Crippen molar-refractivity contribution in [3.8, 4) is 0 Å². The van der Waals surface area contributed by atoms with Gasteiger partial charge in [0.05, 0.1) is 5.69 Å². The number of hydrogen-bond donors (Lipinski definition) is 1. The highest BCUT2D eigenvalue weighted by Crippen LogP contribution is 2.25. The van der Waals surface area contributed by atoms with Gasteiger partial charge in [-0.1, -0.05) is 37.5 Å². The normalized spacial score (nSPS) is 14.9. The first-order chi connectivity index (χ1) is 15.4. The molecule has 2 heterocycles. The molecule has 1 amide bonds. The first-order valence-electron chi connectivity index (χ1n) is 11.8. The maximum absolute atomic E-state index is 12.8. The number of amides is 1. The lowest BCUT2D eigenvalue weighted by Gasteiger charge is -2.31. The molecular weight excluding hydrogens is 398 g/mol. The fraction of sp³-hybridized carbons (Fsp3) is 0.500. The van der Waals surface area contributed by atoms with Crippen molar-refractivity contribution in [3.63, 3.8) is 0 Å². The van der Waals surface area contributed by atoms with Gasteiger partial charge < -0.3 is 5.32 Å². The van der Waals surface area contributed by atoms with Gasteiger partial charge in [-0.3, -0.25) is 9.69 Å². The van der Waals surface area contributed by atoms with E-state index in [9.17, 15) is 4.79 Å². The Morgan fingerprint density at radius 3 is 2.69 bits per heavy atom. The Morgan fingerprint density at radius 2 is 1.91 bits per heavy atom. The van der Waals surface area contributed by atoms with E-state index in [1.807, 2.05) is 36.6 Å². The van der Waals surface area contributed by atoms with Crippen LogP contribution in [0.5, 0.6) is 0 Å². The zero-order valence-electron chi connectivity index (χ0n) is 19.8. The molecule has 32 heavy (non-hydrogen) atoms. The SMILES string of the molecule is Cc1cc2nc(C)c(CCC(=O)Nc3ccccc3CN(C)C3CCCCC3)c(C)n2n1. The minimum absolute atomic E-state index is 0.0355. The molecule has 170 valence electrons. The van der Waals surface area contributed by atoms with Crippen LogP contribution in [-0.2, 0) is 17.8 Å². The number of benzene rings is 1. The van der Waals surface area contributed by atoms with Crippen LogP contribution in [0.3, 0.4) is 0 Å². The average Bonchev–Trinajstić information content (AvgIpc) is 3.15. The molecular formula is C26H35N5O. The van der Waals surface area contributed by atoms with E-state index < -0.39 is 0 Å². The number of aromatic nitrogens is 3. The Bertz CT molecular complexity index is 1100. The highest BCUT2D eigenvalue weighted by Gasteiger charge is 2.19. The number of nitrogens with zero attached hydrogens (tertiary/aromatic N) is 4. The predicted molar refractivity (Wildman–Crippen MR) is 129 cm³/mol. The summed E-state index contributed by atoms with van der Waals surface area (Å²) in [5.41, 5.74) is 7.04. The molecule has 2 aromatic heterocycles. The minimum Gasteiger partial charge on any atom is -0.326 e. The summed E-state index contributed by atoms with van der Waals surface area (Å²) in [5, 5.41) is 7.70. The van der Waals surface area contributed by atoms with Gasteiger partial charge in [0.2, 0.25) is 5.91 Å². The minimum atomic E-state index is 0.0355. The highest BCUT2D eigenvalue weighted by molar-refractivity contribution is 5.91. The summed E-state index contributed by atoms with van der Waals surface area (Å²) >= 11 is 0. The van der Waals surface area contributed by atoms with Gasteiger partial charge in [0.25, 0.3) is 0 Å². The Kier molecular flexibility index (Phi) is 6.89. The topological polar surface area (TPSA) is 62.5 Å². The van der Waals surface area contributed by atoms with E-state index in [0.29, 0.717) is 18.9 Å². The summed E-state index contributed by atoms with van der Waals surface area (Å²) in [7, 11) is 2.21. The van der Waals surface area contributed by atoms with E-state index in [4.69, 9.17) is 0 Å². The number of anilines is 1. The number of carbonyl (C=O) groups excluding carboxylic acids is 1. The predicted octanol–water partition coefficient (Wildman–Crippen LogP) is 4.99. The van der Waals surface area contributed by atoms with Crippen molar-refractivity contribution in [1.29, 1.82) is 0 Å². The summed E-state index contributed by atoms with van der Waals surface area (Å²) in [6, 6.07) is 10.8. The molecule has 0 aliphatic heterocycles. The highest BCUT2D eigenvalue weighted by atomic mass is 16.1. The molecule has 0 atom stereocenters. The van der Waals surface area contributed by atoms with Gasteiger partial charge in [-0.05, 0) is 64.3 Å². The van der Waals surface area contributed by atoms with E-state index in [0.717, 1.165) is 40.5 Å². The van der Waals surface area contributed by atoms with Crippen LogP contribution < -0.4 is 5.32 Å². The number of para-hydroxylation sites is 1. The quantitative estimate of drug-likeness (QED) is 0.570. The van der Waals surface area contributed by atoms with Gasteiger partial charge >= 0.3 is 0 Å². The van der Waals surface area contributed by atoms with Crippen LogP contribution >= 0.6 is 0 Å². The Hall–Kier alpha value is -2.73. The maximum atomic E-state index is 12.8. The molecule has 0 unspecified atom stereocenters. The van der Waals surface area contributed by atoms with Crippen molar-refractivity contribution >= 4 is 17.2 Å². The fourth-order valence-corrected chi connectivity index (χ4v) is 4.95. The van der Waals surface area contributed by atoms with Crippen LogP contribution in [0.15, 0.2) is 30.3 Å². The smallest absolute Gasteiger partial charge is 0.224 e. The second kappa shape index (κ2) is 9.82. The Morgan fingerprint density at radius 1 is 1.16 bits per heavy atom. The van der Waals surface area contributed by atoms with Crippen molar-refractivity contribution in [2.75, 3.05) is 12.4 Å². The van der Waals surface area contributed by atoms with Crippen molar-refractivity contribution in [1.82, 2.24) is 19.5 Å². The molecule has 6 nitrogen and oxygen atoms in total. The van der Waals surface area contributed by atoms with Crippen LogP contribution in [0.25, 0.3) is 5.65 Å². The molecule has 0 radical (unpaired) electrons. The third kappa shape index (κ3) is 5.01. The number of aryl methyl sites for hydroxylation is 3. The van der Waals surface area contributed by atoms with E-state index >= 15 is 0 Å². The van der Waals surface area contributed by atoms with Crippen LogP contribution in [0, 0.1) is 20.8 Å². The van der Waals surface area contributed by atoms with E-state index in [1.165, 1.54) is 37.7 Å². The molecule has 0 spiro atoms. The average molecular weight is 434 g/mol. The summed E-state index contributed by atoms with van der Waals surface area (Å²) in [5.74, 6) is 0.0355. The molecule has 6 heteroatoms. The van der Waals surface area contributed by atoms with Gasteiger partial charge in [-0.25, -0.2) is 9.50 Å². The molecule has 4 rings (SSSR count). The lowest BCUT2D eigenvalue weighted by atomic mass is 9.94. The van der Waals surface area contributed by atoms with Crippen LogP contribution in [-0.4, -0.2) is 38.5 Å². The molecule has 0 bridgehead atoms. The second-order valence-corrected chi connectivity index (χ2v) is 9.23. The number of nitrogens with one attached hydrogen (secondary N) is 1. The molecule has 1 N–H and O–H groups in total. The van der Waals surface area contributed by atoms with E-state index in [1.54, 1.807) is 0 Å². The first kappa shape index (κ1) is 22.5. The molecule has 1 fully saturated rings. The standard InChI is InChI=1S/C26H35N5O/c1-18-16-25-27-19(2)23(20(3)31(25)29-18)14-15-26(32)28-24-13-9-8-10-21(24)17-30(4)22-11-6-5-7-12-22/h8-10,13,16,22H,5-7,11-12,14-15,17H2,1-4H3,(H,28,32). The molecule has 1 aliphatic carbocycles. The van der Waals surface area contributed by atoms with Gasteiger partial charge in [0.1, 0.15) is 0 Å². The van der Waals surface area contributed by atoms with Gasteiger partial charge in [-0.15, -0.1) is 0 Å². The second-order valence-electron chi connectivity index (χ2n) is 9.23. The lowest BCUT2D eigenvalue weighted by molar-refractivity contribution is -0.116. The summed E-state index contributed by atoms with van der Waals surface area (Å²) in [6.45, 7) is 6.90. The van der Waals surface area contributed by atoms with Crippen LogP contribution in [0.4, 0.5) is 5.69 Å². The van der Waals surface area contributed by atoms with Crippen molar-refractivity contribution < 1.29 is 4.79 Å². The molecule has 1 saturated carbocycles. The van der Waals surface area contributed by atoms with Crippen LogP contribution in [0.2, 0.25) is 0 Å². The largest absolute Gasteiger partial charge is 0.326 e. The summed E-state index contributed by atoms with van der Waals surface area (Å²) in [4.78, 5) is 20.0. The van der Waals surface area contributed by atoms with Crippen LogP contribution in [0.1, 0.15) is 66.7 Å². The maximum Gasteiger partial charge on any atom is 0.224 e. The molecule has 1 aliphatic rings. The van der Waals surface area contributed by atoms with Crippen molar-refractivity contribution in [2.45, 2.75) is 78.3 Å². The fourth-order valence-electron chi connectivity index (χ4n) is 4.95. The van der Waals surface area contributed by atoms with Gasteiger partial charge in [0, 0.05) is 42.1 Å². The van der Waals surface area contributed by atoms with Crippen molar-refractivity contribution in [2.24, 2.45) is 0 Å².